The van der Waals surface area contributed by atoms with Crippen molar-refractivity contribution in [1.82, 2.24) is 15.2 Å². The van der Waals surface area contributed by atoms with Crippen LogP contribution in [0, 0.1) is 5.82 Å². The SMILES string of the molecule is CCc1nnc(Oc2ccc(CN)c(F)c2)nc1CC. The number of nitrogens with zero attached hydrogens (tertiary/aromatic N) is 3. The van der Waals surface area contributed by atoms with Crippen LogP contribution in [0.3, 0.4) is 0 Å². The maximum absolute atomic E-state index is 13.6. The lowest BCUT2D eigenvalue weighted by Crippen LogP contribution is -2.05. The van der Waals surface area contributed by atoms with Crippen LogP contribution in [-0.2, 0) is 19.4 Å². The zero-order valence-corrected chi connectivity index (χ0v) is 11.6. The molecule has 0 saturated carbocycles. The Morgan fingerprint density at radius 1 is 1.15 bits per heavy atom. The van der Waals surface area contributed by atoms with Gasteiger partial charge >= 0.3 is 6.01 Å². The topological polar surface area (TPSA) is 73.9 Å². The van der Waals surface area contributed by atoms with Gasteiger partial charge in [-0.05, 0) is 18.9 Å². The lowest BCUT2D eigenvalue weighted by molar-refractivity contribution is 0.424. The fourth-order valence-electron chi connectivity index (χ4n) is 1.83. The molecule has 106 valence electrons. The van der Waals surface area contributed by atoms with Gasteiger partial charge in [0.25, 0.3) is 0 Å². The van der Waals surface area contributed by atoms with E-state index in [2.05, 4.69) is 15.2 Å². The zero-order valence-electron chi connectivity index (χ0n) is 11.6. The molecule has 1 aromatic heterocycles. The number of nitrogens with two attached hydrogens (primary N) is 1. The molecule has 0 atom stereocenters. The second-order valence-electron chi connectivity index (χ2n) is 4.25. The van der Waals surface area contributed by atoms with Gasteiger partial charge in [-0.3, -0.25) is 0 Å². The normalized spacial score (nSPS) is 10.6. The number of benzene rings is 1. The van der Waals surface area contributed by atoms with Gasteiger partial charge in [0.1, 0.15) is 11.6 Å². The summed E-state index contributed by atoms with van der Waals surface area (Å²) in [7, 11) is 0. The predicted molar refractivity (Wildman–Crippen MR) is 72.9 cm³/mol. The highest BCUT2D eigenvalue weighted by molar-refractivity contribution is 5.30. The minimum absolute atomic E-state index is 0.124. The maximum atomic E-state index is 13.6. The molecule has 0 bridgehead atoms. The monoisotopic (exact) mass is 276 g/mol. The van der Waals surface area contributed by atoms with Crippen molar-refractivity contribution in [3.63, 3.8) is 0 Å². The quantitative estimate of drug-likeness (QED) is 0.907. The predicted octanol–water partition coefficient (Wildman–Crippen LogP) is 2.39. The second-order valence-corrected chi connectivity index (χ2v) is 4.25. The van der Waals surface area contributed by atoms with Gasteiger partial charge in [0.05, 0.1) is 11.4 Å². The van der Waals surface area contributed by atoms with Crippen LogP contribution in [0.4, 0.5) is 4.39 Å². The largest absolute Gasteiger partial charge is 0.423 e. The van der Waals surface area contributed by atoms with Crippen molar-refractivity contribution in [2.45, 2.75) is 33.2 Å². The molecule has 0 fully saturated rings. The van der Waals surface area contributed by atoms with Crippen molar-refractivity contribution in [3.8, 4) is 11.8 Å². The van der Waals surface area contributed by atoms with E-state index < -0.39 is 5.82 Å². The Morgan fingerprint density at radius 2 is 1.90 bits per heavy atom. The molecular weight excluding hydrogens is 259 g/mol. The van der Waals surface area contributed by atoms with E-state index >= 15 is 0 Å². The summed E-state index contributed by atoms with van der Waals surface area (Å²) in [5.41, 5.74) is 7.54. The average Bonchev–Trinajstić information content (AvgIpc) is 2.47. The fourth-order valence-corrected chi connectivity index (χ4v) is 1.83. The van der Waals surface area contributed by atoms with Gasteiger partial charge in [0.15, 0.2) is 0 Å². The fraction of sp³-hybridized carbons (Fsp3) is 0.357. The lowest BCUT2D eigenvalue weighted by Gasteiger charge is -2.08. The Labute approximate surface area is 117 Å². The second kappa shape index (κ2) is 6.38. The highest BCUT2D eigenvalue weighted by Crippen LogP contribution is 2.21. The van der Waals surface area contributed by atoms with Crippen molar-refractivity contribution < 1.29 is 9.13 Å². The Kier molecular flexibility index (Phi) is 4.57. The van der Waals surface area contributed by atoms with Gasteiger partial charge < -0.3 is 10.5 Å². The molecule has 0 radical (unpaired) electrons. The molecule has 2 aromatic rings. The van der Waals surface area contributed by atoms with Gasteiger partial charge in [-0.25, -0.2) is 4.39 Å². The van der Waals surface area contributed by atoms with Gasteiger partial charge in [0.2, 0.25) is 0 Å². The van der Waals surface area contributed by atoms with Crippen LogP contribution in [0.15, 0.2) is 18.2 Å². The van der Waals surface area contributed by atoms with Crippen LogP contribution in [0.5, 0.6) is 11.8 Å². The molecule has 0 aliphatic rings. The van der Waals surface area contributed by atoms with E-state index in [-0.39, 0.29) is 12.6 Å². The van der Waals surface area contributed by atoms with Gasteiger partial charge in [-0.1, -0.05) is 25.0 Å². The van der Waals surface area contributed by atoms with Crippen molar-refractivity contribution in [1.29, 1.82) is 0 Å². The van der Waals surface area contributed by atoms with E-state index in [1.807, 2.05) is 13.8 Å². The van der Waals surface area contributed by atoms with Crippen LogP contribution in [0.1, 0.15) is 30.8 Å². The van der Waals surface area contributed by atoms with E-state index in [9.17, 15) is 4.39 Å². The van der Waals surface area contributed by atoms with E-state index in [0.717, 1.165) is 24.2 Å². The molecule has 1 heterocycles. The average molecular weight is 276 g/mol. The Hall–Kier alpha value is -2.08. The highest BCUT2D eigenvalue weighted by atomic mass is 19.1. The molecule has 2 N–H and O–H groups in total. The van der Waals surface area contributed by atoms with Crippen molar-refractivity contribution in [2.75, 3.05) is 0 Å². The van der Waals surface area contributed by atoms with Gasteiger partial charge in [-0.2, -0.15) is 4.98 Å². The minimum atomic E-state index is -0.404. The third-order valence-corrected chi connectivity index (χ3v) is 2.94. The first kappa shape index (κ1) is 14.3. The number of aromatic nitrogens is 3. The Bertz CT molecular complexity index is 604. The molecule has 1 aromatic carbocycles. The molecule has 0 spiro atoms. The first-order valence-electron chi connectivity index (χ1n) is 6.56. The summed E-state index contributed by atoms with van der Waals surface area (Å²) >= 11 is 0. The summed E-state index contributed by atoms with van der Waals surface area (Å²) in [4.78, 5) is 4.29. The molecule has 6 heteroatoms. The number of rotatable bonds is 5. The van der Waals surface area contributed by atoms with Crippen molar-refractivity contribution >= 4 is 0 Å². The van der Waals surface area contributed by atoms with E-state index in [4.69, 9.17) is 10.5 Å². The number of halogens is 1. The zero-order chi connectivity index (χ0) is 14.5. The summed E-state index contributed by atoms with van der Waals surface area (Å²) in [6.07, 6.45) is 1.51. The maximum Gasteiger partial charge on any atom is 0.341 e. The third kappa shape index (κ3) is 3.08. The third-order valence-electron chi connectivity index (χ3n) is 2.94. The van der Waals surface area contributed by atoms with Crippen molar-refractivity contribution in [3.05, 3.63) is 41.0 Å². The molecule has 0 aliphatic carbocycles. The number of aryl methyl sites for hydroxylation is 2. The summed E-state index contributed by atoms with van der Waals surface area (Å²) in [6.45, 7) is 4.13. The Morgan fingerprint density at radius 3 is 2.50 bits per heavy atom. The highest BCUT2D eigenvalue weighted by Gasteiger charge is 2.09. The molecule has 2 rings (SSSR count). The van der Waals surface area contributed by atoms with E-state index in [0.29, 0.717) is 11.3 Å². The molecule has 5 nitrogen and oxygen atoms in total. The lowest BCUT2D eigenvalue weighted by atomic mass is 10.2. The molecule has 0 aliphatic heterocycles. The van der Waals surface area contributed by atoms with Gasteiger partial charge in [-0.15, -0.1) is 5.10 Å². The summed E-state index contributed by atoms with van der Waals surface area (Å²) < 4.78 is 19.0. The number of ether oxygens (including phenoxy) is 1. The van der Waals surface area contributed by atoms with Gasteiger partial charge in [0, 0.05) is 18.2 Å². The summed E-state index contributed by atoms with van der Waals surface area (Å²) in [5, 5.41) is 7.96. The first-order valence-corrected chi connectivity index (χ1v) is 6.56. The molecule has 0 saturated heterocycles. The van der Waals surface area contributed by atoms with Crippen LogP contribution >= 0.6 is 0 Å². The molecular formula is C14H17FN4O. The van der Waals surface area contributed by atoms with Crippen LogP contribution in [0.2, 0.25) is 0 Å². The molecule has 0 amide bonds. The molecule has 20 heavy (non-hydrogen) atoms. The summed E-state index contributed by atoms with van der Waals surface area (Å²) in [6, 6.07) is 4.61. The number of hydrogen-bond donors (Lipinski definition) is 1. The number of hydrogen-bond acceptors (Lipinski definition) is 5. The standard InChI is InChI=1S/C14H17FN4O/c1-3-12-13(4-2)18-19-14(17-12)20-10-6-5-9(8-16)11(15)7-10/h5-7H,3-4,8,16H2,1-2H3. The van der Waals surface area contributed by atoms with E-state index in [1.54, 1.807) is 12.1 Å². The smallest absolute Gasteiger partial charge is 0.341 e. The summed E-state index contributed by atoms with van der Waals surface area (Å²) in [5.74, 6) is -0.0772. The van der Waals surface area contributed by atoms with Crippen molar-refractivity contribution in [2.24, 2.45) is 5.73 Å². The van der Waals surface area contributed by atoms with Crippen LogP contribution in [-0.4, -0.2) is 15.2 Å². The Balaban J connectivity index is 2.23. The molecule has 0 unspecified atom stereocenters. The first-order chi connectivity index (χ1) is 9.67. The minimum Gasteiger partial charge on any atom is -0.423 e. The van der Waals surface area contributed by atoms with Crippen LogP contribution < -0.4 is 10.5 Å². The van der Waals surface area contributed by atoms with Crippen LogP contribution in [0.25, 0.3) is 0 Å². The van der Waals surface area contributed by atoms with E-state index in [1.165, 1.54) is 6.07 Å².